The Morgan fingerprint density at radius 2 is 0.949 bits per heavy atom. The van der Waals surface area contributed by atoms with Gasteiger partial charge in [-0.05, 0) is 80.9 Å². The summed E-state index contributed by atoms with van der Waals surface area (Å²) >= 11 is 0. The van der Waals surface area contributed by atoms with E-state index in [0.717, 1.165) is 71.7 Å². The summed E-state index contributed by atoms with van der Waals surface area (Å²) in [4.78, 5) is 15.6. The molecule has 0 fully saturated rings. The van der Waals surface area contributed by atoms with Gasteiger partial charge in [-0.15, -0.1) is 0 Å². The number of aromatic nitrogens is 3. The Balaban J connectivity index is 1.02. The number of fused-ring (bicyclic) bond motifs is 9. The van der Waals surface area contributed by atoms with E-state index >= 15 is 0 Å². The molecule has 59 heavy (non-hydrogen) atoms. The molecule has 1 aliphatic carbocycles. The Hall–Kier alpha value is -7.63. The first-order valence-corrected chi connectivity index (χ1v) is 20.0. The zero-order valence-electron chi connectivity index (χ0n) is 32.4. The Labute approximate surface area is 340 Å². The van der Waals surface area contributed by atoms with Crippen molar-refractivity contribution >= 4 is 43.9 Å². The third-order valence-corrected chi connectivity index (χ3v) is 12.2. The smallest absolute Gasteiger partial charge is 0.167 e. The van der Waals surface area contributed by atoms with Crippen molar-refractivity contribution in [2.45, 2.75) is 19.3 Å². The topological polar surface area (TPSA) is 65.0 Å². The Kier molecular flexibility index (Phi) is 7.20. The molecule has 8 aromatic carbocycles. The SMILES string of the molecule is CC1(C)c2ccccc2-c2cc(-c3nc(-c4ccc5c(c4)oc4cccc(-c6ccc(-c7ccccc7)cc6)c45)nc(-c4cccc5c4oc4ccccc45)n3)ccc21. The van der Waals surface area contributed by atoms with Crippen molar-refractivity contribution in [1.82, 2.24) is 15.0 Å². The molecule has 0 unspecified atom stereocenters. The predicted octanol–water partition coefficient (Wildman–Crippen LogP) is 14.3. The maximum absolute atomic E-state index is 6.61. The lowest BCUT2D eigenvalue weighted by Crippen LogP contribution is -2.14. The van der Waals surface area contributed by atoms with Crippen LogP contribution in [0.3, 0.4) is 0 Å². The molecule has 5 nitrogen and oxygen atoms in total. The lowest BCUT2D eigenvalue weighted by Gasteiger charge is -2.21. The molecule has 3 heterocycles. The lowest BCUT2D eigenvalue weighted by atomic mass is 9.82. The Morgan fingerprint density at radius 1 is 0.356 bits per heavy atom. The van der Waals surface area contributed by atoms with Gasteiger partial charge in [-0.2, -0.15) is 0 Å². The van der Waals surface area contributed by atoms with Crippen LogP contribution in [0.2, 0.25) is 0 Å². The fourth-order valence-electron chi connectivity index (χ4n) is 9.22. The Morgan fingerprint density at radius 3 is 1.81 bits per heavy atom. The quantitative estimate of drug-likeness (QED) is 0.175. The van der Waals surface area contributed by atoms with Crippen LogP contribution in [0.25, 0.3) is 111 Å². The fraction of sp³-hybridized carbons (Fsp3) is 0.0556. The van der Waals surface area contributed by atoms with Crippen molar-refractivity contribution in [3.8, 4) is 67.5 Å². The van der Waals surface area contributed by atoms with Crippen molar-refractivity contribution in [2.75, 3.05) is 0 Å². The number of hydrogen-bond acceptors (Lipinski definition) is 5. The van der Waals surface area contributed by atoms with E-state index < -0.39 is 0 Å². The maximum atomic E-state index is 6.61. The van der Waals surface area contributed by atoms with E-state index in [1.807, 2.05) is 42.5 Å². The standard InChI is InChI=1S/C54H35N3O2/c1-54(2)44-19-8-6-14-38(44)43-30-35(27-29-45(43)54)51-55-52(57-53(56-51)42-18-10-17-40-39-15-7-9-20-46(39)59-50(40)42)36-26-28-41-48(31-36)58-47-21-11-16-37(49(41)47)34-24-22-33(23-25-34)32-12-4-3-5-13-32/h3-31H,1-2H3. The third kappa shape index (κ3) is 5.21. The molecule has 0 radical (unpaired) electrons. The van der Waals surface area contributed by atoms with Gasteiger partial charge in [0.2, 0.25) is 0 Å². The molecule has 0 bridgehead atoms. The fourth-order valence-corrected chi connectivity index (χ4v) is 9.22. The molecular formula is C54H35N3O2. The van der Waals surface area contributed by atoms with Crippen LogP contribution in [0.15, 0.2) is 185 Å². The lowest BCUT2D eigenvalue weighted by molar-refractivity contribution is 0.660. The number of hydrogen-bond donors (Lipinski definition) is 0. The van der Waals surface area contributed by atoms with Crippen molar-refractivity contribution in [1.29, 1.82) is 0 Å². The second-order valence-corrected chi connectivity index (χ2v) is 16.0. The molecule has 0 amide bonds. The number of rotatable bonds is 5. The van der Waals surface area contributed by atoms with E-state index in [1.54, 1.807) is 0 Å². The molecule has 0 atom stereocenters. The van der Waals surface area contributed by atoms with Gasteiger partial charge in [0.05, 0.1) is 5.56 Å². The summed E-state index contributed by atoms with van der Waals surface area (Å²) in [5.74, 6) is 1.69. The van der Waals surface area contributed by atoms with E-state index in [9.17, 15) is 0 Å². The molecule has 5 heteroatoms. The van der Waals surface area contributed by atoms with Crippen LogP contribution >= 0.6 is 0 Å². The third-order valence-electron chi connectivity index (χ3n) is 12.2. The van der Waals surface area contributed by atoms with Gasteiger partial charge < -0.3 is 8.83 Å². The van der Waals surface area contributed by atoms with Crippen LogP contribution in [0.4, 0.5) is 0 Å². The number of nitrogens with zero attached hydrogens (tertiary/aromatic N) is 3. The molecule has 0 spiro atoms. The summed E-state index contributed by atoms with van der Waals surface area (Å²) < 4.78 is 13.1. The highest BCUT2D eigenvalue weighted by Crippen LogP contribution is 2.49. The zero-order chi connectivity index (χ0) is 39.2. The molecule has 0 saturated heterocycles. The van der Waals surface area contributed by atoms with Gasteiger partial charge in [-0.3, -0.25) is 0 Å². The number of para-hydroxylation sites is 2. The van der Waals surface area contributed by atoms with E-state index in [4.69, 9.17) is 23.8 Å². The number of benzene rings is 8. The van der Waals surface area contributed by atoms with Gasteiger partial charge >= 0.3 is 0 Å². The van der Waals surface area contributed by atoms with E-state index in [0.29, 0.717) is 17.5 Å². The molecular weight excluding hydrogens is 723 g/mol. The first-order chi connectivity index (χ1) is 29.0. The van der Waals surface area contributed by atoms with Crippen molar-refractivity contribution in [2.24, 2.45) is 0 Å². The molecule has 12 rings (SSSR count). The average Bonchev–Trinajstić information content (AvgIpc) is 3.94. The first-order valence-electron chi connectivity index (χ1n) is 20.0. The Bertz CT molecular complexity index is 3470. The van der Waals surface area contributed by atoms with Crippen LogP contribution in [0, 0.1) is 0 Å². The highest BCUT2D eigenvalue weighted by Gasteiger charge is 2.35. The van der Waals surface area contributed by atoms with Crippen LogP contribution in [-0.2, 0) is 5.41 Å². The summed E-state index contributed by atoms with van der Waals surface area (Å²) in [6.07, 6.45) is 0. The van der Waals surface area contributed by atoms with Gasteiger partial charge in [0.25, 0.3) is 0 Å². The predicted molar refractivity (Wildman–Crippen MR) is 239 cm³/mol. The second-order valence-electron chi connectivity index (χ2n) is 16.0. The normalized spacial score (nSPS) is 13.1. The molecule has 11 aromatic rings. The van der Waals surface area contributed by atoms with E-state index in [1.165, 1.54) is 33.4 Å². The molecule has 0 N–H and O–H groups in total. The van der Waals surface area contributed by atoms with Crippen LogP contribution in [0.1, 0.15) is 25.0 Å². The monoisotopic (exact) mass is 757 g/mol. The number of furan rings is 2. The van der Waals surface area contributed by atoms with Crippen LogP contribution in [0.5, 0.6) is 0 Å². The van der Waals surface area contributed by atoms with Gasteiger partial charge in [0.1, 0.15) is 22.3 Å². The van der Waals surface area contributed by atoms with Gasteiger partial charge in [0.15, 0.2) is 17.5 Å². The average molecular weight is 758 g/mol. The minimum Gasteiger partial charge on any atom is -0.456 e. The summed E-state index contributed by atoms with van der Waals surface area (Å²) in [6, 6.07) is 61.4. The van der Waals surface area contributed by atoms with Gasteiger partial charge in [-0.25, -0.2) is 15.0 Å². The zero-order valence-corrected chi connectivity index (χ0v) is 32.4. The highest BCUT2D eigenvalue weighted by atomic mass is 16.3. The highest BCUT2D eigenvalue weighted by molar-refractivity contribution is 6.13. The van der Waals surface area contributed by atoms with Crippen molar-refractivity contribution in [3.05, 3.63) is 187 Å². The van der Waals surface area contributed by atoms with E-state index in [-0.39, 0.29) is 5.41 Å². The summed E-state index contributed by atoms with van der Waals surface area (Å²) in [5.41, 5.74) is 15.3. The molecule has 1 aliphatic rings. The molecule has 278 valence electrons. The first kappa shape index (κ1) is 33.5. The van der Waals surface area contributed by atoms with Gasteiger partial charge in [0, 0.05) is 38.1 Å². The summed E-state index contributed by atoms with van der Waals surface area (Å²) in [6.45, 7) is 4.59. The van der Waals surface area contributed by atoms with Crippen molar-refractivity contribution < 1.29 is 8.83 Å². The molecule has 3 aromatic heterocycles. The minimum atomic E-state index is -0.107. The molecule has 0 saturated carbocycles. The minimum absolute atomic E-state index is 0.107. The second kappa shape index (κ2) is 12.7. The largest absolute Gasteiger partial charge is 0.456 e. The van der Waals surface area contributed by atoms with Crippen LogP contribution in [-0.4, -0.2) is 15.0 Å². The van der Waals surface area contributed by atoms with Crippen LogP contribution < -0.4 is 0 Å². The maximum Gasteiger partial charge on any atom is 0.167 e. The molecule has 0 aliphatic heterocycles. The van der Waals surface area contributed by atoms with Gasteiger partial charge in [-0.1, -0.05) is 153 Å². The van der Waals surface area contributed by atoms with E-state index in [2.05, 4.69) is 147 Å². The van der Waals surface area contributed by atoms with Crippen molar-refractivity contribution in [3.63, 3.8) is 0 Å². The summed E-state index contributed by atoms with van der Waals surface area (Å²) in [5, 5.41) is 4.19. The summed E-state index contributed by atoms with van der Waals surface area (Å²) in [7, 11) is 0.